The summed E-state index contributed by atoms with van der Waals surface area (Å²) in [6.07, 6.45) is 1.44. The molecular weight excluding hydrogens is 266 g/mol. The maximum absolute atomic E-state index is 9.92. The average molecular weight is 293 g/mol. The molecule has 0 aliphatic carbocycles. The van der Waals surface area contributed by atoms with E-state index in [0.29, 0.717) is 6.17 Å². The van der Waals surface area contributed by atoms with Crippen molar-refractivity contribution in [1.82, 2.24) is 5.32 Å². The van der Waals surface area contributed by atoms with Crippen molar-refractivity contribution in [2.45, 2.75) is 26.4 Å². The summed E-state index contributed by atoms with van der Waals surface area (Å²) in [4.78, 5) is 14.5. The molecule has 3 N–H and O–H groups in total. The monoisotopic (exact) mass is 293 g/mol. The van der Waals surface area contributed by atoms with Crippen molar-refractivity contribution in [3.63, 3.8) is 0 Å². The minimum atomic E-state index is -2.12. The average Bonchev–Trinajstić information content (AvgIpc) is 2.39. The van der Waals surface area contributed by atoms with Crippen LogP contribution in [0.3, 0.4) is 0 Å². The summed E-state index contributed by atoms with van der Waals surface area (Å²) in [5.74, 6) is 0. The van der Waals surface area contributed by atoms with Gasteiger partial charge in [0.2, 0.25) is 8.32 Å². The van der Waals surface area contributed by atoms with Crippen LogP contribution in [0.2, 0.25) is 13.1 Å². The van der Waals surface area contributed by atoms with Gasteiger partial charge in [0.05, 0.1) is 6.17 Å². The van der Waals surface area contributed by atoms with Gasteiger partial charge in [0, 0.05) is 24.5 Å². The lowest BCUT2D eigenvalue weighted by atomic mass is 10.1. The molecule has 5 heteroatoms. The molecule has 0 unspecified atom stereocenters. The Kier molecular flexibility index (Phi) is 6.91. The van der Waals surface area contributed by atoms with Crippen molar-refractivity contribution in [2.75, 3.05) is 31.6 Å². The van der Waals surface area contributed by atoms with Crippen LogP contribution in [-0.4, -0.2) is 45.1 Å². The Labute approximate surface area is 123 Å². The first-order valence-electron chi connectivity index (χ1n) is 7.21. The Balaban J connectivity index is 2.79. The highest BCUT2D eigenvalue weighted by atomic mass is 28.4. The van der Waals surface area contributed by atoms with Crippen LogP contribution in [0.5, 0.6) is 0 Å². The van der Waals surface area contributed by atoms with Gasteiger partial charge in [-0.25, -0.2) is 0 Å². The van der Waals surface area contributed by atoms with E-state index < -0.39 is 8.32 Å². The van der Waals surface area contributed by atoms with Crippen LogP contribution < -0.4 is 10.6 Å². The molecule has 0 amide bonds. The molecular formula is C15H27N3OSi. The van der Waals surface area contributed by atoms with Gasteiger partial charge in [0.25, 0.3) is 0 Å². The third kappa shape index (κ3) is 6.32. The van der Waals surface area contributed by atoms with E-state index in [-0.39, 0.29) is 0 Å². The molecule has 1 aromatic rings. The zero-order chi connectivity index (χ0) is 15.0. The number of likely N-dealkylation sites (N-methyl/N-ethyl adjacent to an activating group) is 1. The number of benzene rings is 1. The highest BCUT2D eigenvalue weighted by molar-refractivity contribution is 6.70. The van der Waals surface area contributed by atoms with E-state index in [1.807, 2.05) is 26.2 Å². The standard InChI is InChI=1S/C15H27N3OSi/c1-5-15(18-12-20(3,4)19)13-7-6-8-14(11-13)17-10-9-16-2/h6-8,11,16-17,19H,5,9-10,12H2,1-4H3. The highest BCUT2D eigenvalue weighted by Crippen LogP contribution is 2.13. The van der Waals surface area contributed by atoms with Gasteiger partial charge in [-0.1, -0.05) is 19.1 Å². The second-order valence-corrected chi connectivity index (χ2v) is 9.48. The first-order chi connectivity index (χ1) is 9.46. The maximum atomic E-state index is 9.92. The fourth-order valence-corrected chi connectivity index (χ4v) is 2.41. The van der Waals surface area contributed by atoms with Gasteiger partial charge < -0.3 is 15.4 Å². The zero-order valence-electron chi connectivity index (χ0n) is 13.0. The Morgan fingerprint density at radius 3 is 2.65 bits per heavy atom. The van der Waals surface area contributed by atoms with E-state index >= 15 is 0 Å². The molecule has 0 aliphatic rings. The topological polar surface area (TPSA) is 56.7 Å². The number of rotatable bonds is 8. The third-order valence-electron chi connectivity index (χ3n) is 2.89. The summed E-state index contributed by atoms with van der Waals surface area (Å²) in [5.41, 5.74) is 3.32. The fourth-order valence-electron chi connectivity index (χ4n) is 1.84. The molecule has 0 spiro atoms. The fraction of sp³-hybridized carbons (Fsp3) is 0.533. The first-order valence-corrected chi connectivity index (χ1v) is 10.4. The predicted octanol–water partition coefficient (Wildman–Crippen LogP) is 2.25. The predicted molar refractivity (Wildman–Crippen MR) is 90.3 cm³/mol. The number of hydrogen-bond acceptors (Lipinski definition) is 4. The van der Waals surface area contributed by atoms with Crippen LogP contribution in [0, 0.1) is 0 Å². The molecule has 0 atom stereocenters. The normalized spacial score (nSPS) is 12.6. The molecule has 1 rings (SSSR count). The van der Waals surface area contributed by atoms with Gasteiger partial charge in [0.15, 0.2) is 0 Å². The third-order valence-corrected chi connectivity index (χ3v) is 3.82. The molecule has 4 nitrogen and oxygen atoms in total. The SMILES string of the molecule is CCC(=NC[Si](C)(C)O)c1cccc(NCCNC)c1. The molecule has 112 valence electrons. The number of nitrogens with zero attached hydrogens (tertiary/aromatic N) is 1. The van der Waals surface area contributed by atoms with Crippen LogP contribution in [-0.2, 0) is 0 Å². The lowest BCUT2D eigenvalue weighted by Crippen LogP contribution is -2.30. The Morgan fingerprint density at radius 2 is 2.05 bits per heavy atom. The summed E-state index contributed by atoms with van der Waals surface area (Å²) < 4.78 is 0. The summed E-state index contributed by atoms with van der Waals surface area (Å²) in [7, 11) is -0.175. The van der Waals surface area contributed by atoms with Crippen molar-refractivity contribution in [1.29, 1.82) is 0 Å². The Bertz CT molecular complexity index is 441. The van der Waals surface area contributed by atoms with E-state index in [1.165, 1.54) is 0 Å². The summed E-state index contributed by atoms with van der Waals surface area (Å²) >= 11 is 0. The van der Waals surface area contributed by atoms with Gasteiger partial charge >= 0.3 is 0 Å². The molecule has 0 saturated heterocycles. The van der Waals surface area contributed by atoms with Gasteiger partial charge in [-0.05, 0) is 44.3 Å². The maximum Gasteiger partial charge on any atom is 0.203 e. The molecule has 1 aromatic carbocycles. The van der Waals surface area contributed by atoms with Crippen LogP contribution in [0.1, 0.15) is 18.9 Å². The Hall–Kier alpha value is -1.17. The summed E-state index contributed by atoms with van der Waals surface area (Å²) in [5, 5.41) is 6.49. The smallest absolute Gasteiger partial charge is 0.203 e. The zero-order valence-corrected chi connectivity index (χ0v) is 14.0. The van der Waals surface area contributed by atoms with E-state index in [9.17, 15) is 4.80 Å². The Morgan fingerprint density at radius 1 is 1.30 bits per heavy atom. The lowest BCUT2D eigenvalue weighted by Gasteiger charge is -2.13. The van der Waals surface area contributed by atoms with Crippen molar-refractivity contribution in [2.24, 2.45) is 4.99 Å². The van der Waals surface area contributed by atoms with Crippen LogP contribution in [0.25, 0.3) is 0 Å². The minimum absolute atomic E-state index is 0.563. The largest absolute Gasteiger partial charge is 0.430 e. The van der Waals surface area contributed by atoms with E-state index in [1.54, 1.807) is 0 Å². The van der Waals surface area contributed by atoms with Crippen LogP contribution in [0.15, 0.2) is 29.3 Å². The summed E-state index contributed by atoms with van der Waals surface area (Å²) in [6, 6.07) is 8.32. The van der Waals surface area contributed by atoms with Crippen molar-refractivity contribution in [3.05, 3.63) is 29.8 Å². The second-order valence-electron chi connectivity index (χ2n) is 5.54. The number of nitrogens with one attached hydrogen (secondary N) is 2. The van der Waals surface area contributed by atoms with Crippen LogP contribution >= 0.6 is 0 Å². The second kappa shape index (κ2) is 8.19. The van der Waals surface area contributed by atoms with Gasteiger partial charge in [-0.2, -0.15) is 0 Å². The number of aliphatic imine (C=N–C) groups is 1. The first kappa shape index (κ1) is 16.9. The molecule has 0 saturated carbocycles. The molecule has 20 heavy (non-hydrogen) atoms. The van der Waals surface area contributed by atoms with Gasteiger partial charge in [-0.3, -0.25) is 4.99 Å². The number of anilines is 1. The van der Waals surface area contributed by atoms with Gasteiger partial charge in [-0.15, -0.1) is 0 Å². The summed E-state index contributed by atoms with van der Waals surface area (Å²) in [6.45, 7) is 7.77. The van der Waals surface area contributed by atoms with E-state index in [0.717, 1.165) is 36.5 Å². The lowest BCUT2D eigenvalue weighted by molar-refractivity contribution is 0.551. The molecule has 0 heterocycles. The highest BCUT2D eigenvalue weighted by Gasteiger charge is 2.16. The molecule has 0 radical (unpaired) electrons. The van der Waals surface area contributed by atoms with E-state index in [4.69, 9.17) is 0 Å². The number of hydrogen-bond donors (Lipinski definition) is 3. The quantitative estimate of drug-likeness (QED) is 0.391. The molecule has 0 aliphatic heterocycles. The molecule has 0 fully saturated rings. The van der Waals surface area contributed by atoms with Crippen molar-refractivity contribution >= 4 is 19.7 Å². The van der Waals surface area contributed by atoms with Crippen LogP contribution in [0.4, 0.5) is 5.69 Å². The molecule has 0 aromatic heterocycles. The van der Waals surface area contributed by atoms with Crippen molar-refractivity contribution in [3.8, 4) is 0 Å². The molecule has 0 bridgehead atoms. The van der Waals surface area contributed by atoms with E-state index in [2.05, 4.69) is 40.7 Å². The van der Waals surface area contributed by atoms with Crippen molar-refractivity contribution < 1.29 is 4.80 Å². The van der Waals surface area contributed by atoms with Gasteiger partial charge in [0.1, 0.15) is 0 Å². The minimum Gasteiger partial charge on any atom is -0.430 e.